The van der Waals surface area contributed by atoms with Crippen LogP contribution in [0.3, 0.4) is 0 Å². The van der Waals surface area contributed by atoms with Crippen LogP contribution in [0.5, 0.6) is 5.75 Å². The van der Waals surface area contributed by atoms with Crippen molar-refractivity contribution in [2.45, 2.75) is 45.3 Å². The van der Waals surface area contributed by atoms with Gasteiger partial charge in [-0.2, -0.15) is 8.78 Å². The first-order valence-corrected chi connectivity index (χ1v) is 8.67. The second-order valence-electron chi connectivity index (χ2n) is 6.37. The van der Waals surface area contributed by atoms with Gasteiger partial charge in [0.2, 0.25) is 0 Å². The Morgan fingerprint density at radius 3 is 2.44 bits per heavy atom. The molecule has 9 heteroatoms. The number of ether oxygens (including phenoxy) is 2. The number of hydrogen-bond acceptors (Lipinski definition) is 5. The SMILES string of the molecule is C[C@@H]1CCCC[C@H]1NC(=O)NC(=O)COC(=O)c1ccc(OC(F)F)cc1. The summed E-state index contributed by atoms with van der Waals surface area (Å²) >= 11 is 0. The maximum atomic E-state index is 12.1. The second-order valence-corrected chi connectivity index (χ2v) is 6.37. The van der Waals surface area contributed by atoms with E-state index in [9.17, 15) is 23.2 Å². The quantitative estimate of drug-likeness (QED) is 0.736. The lowest BCUT2D eigenvalue weighted by Gasteiger charge is -2.29. The van der Waals surface area contributed by atoms with E-state index in [0.717, 1.165) is 25.7 Å². The molecule has 0 saturated heterocycles. The highest BCUT2D eigenvalue weighted by atomic mass is 19.3. The summed E-state index contributed by atoms with van der Waals surface area (Å²) in [5.41, 5.74) is 0.0601. The summed E-state index contributed by atoms with van der Waals surface area (Å²) in [4.78, 5) is 35.4. The summed E-state index contributed by atoms with van der Waals surface area (Å²) in [6.45, 7) is -1.55. The van der Waals surface area contributed by atoms with Crippen molar-refractivity contribution in [3.8, 4) is 5.75 Å². The number of imide groups is 1. The Kier molecular flexibility index (Phi) is 7.51. The first-order valence-electron chi connectivity index (χ1n) is 8.67. The van der Waals surface area contributed by atoms with Crippen molar-refractivity contribution in [2.24, 2.45) is 5.92 Å². The summed E-state index contributed by atoms with van der Waals surface area (Å²) in [6, 6.07) is 4.22. The minimum absolute atomic E-state index is 0.0167. The van der Waals surface area contributed by atoms with Gasteiger partial charge < -0.3 is 14.8 Å². The van der Waals surface area contributed by atoms with E-state index in [1.54, 1.807) is 0 Å². The lowest BCUT2D eigenvalue weighted by atomic mass is 9.86. The molecule has 1 aliphatic rings. The number of amides is 3. The largest absolute Gasteiger partial charge is 0.452 e. The van der Waals surface area contributed by atoms with E-state index in [0.29, 0.717) is 5.92 Å². The summed E-state index contributed by atoms with van der Waals surface area (Å²) in [5, 5.41) is 4.87. The summed E-state index contributed by atoms with van der Waals surface area (Å²) in [7, 11) is 0. The van der Waals surface area contributed by atoms with E-state index >= 15 is 0 Å². The van der Waals surface area contributed by atoms with Crippen LogP contribution >= 0.6 is 0 Å². The number of rotatable bonds is 6. The number of benzene rings is 1. The highest BCUT2D eigenvalue weighted by molar-refractivity contribution is 5.97. The van der Waals surface area contributed by atoms with Crippen LogP contribution in [0.2, 0.25) is 0 Å². The maximum Gasteiger partial charge on any atom is 0.387 e. The average Bonchev–Trinajstić information content (AvgIpc) is 2.61. The Balaban J connectivity index is 1.74. The van der Waals surface area contributed by atoms with E-state index in [-0.39, 0.29) is 17.4 Å². The van der Waals surface area contributed by atoms with Gasteiger partial charge in [0.25, 0.3) is 5.91 Å². The molecule has 0 aliphatic heterocycles. The van der Waals surface area contributed by atoms with Crippen molar-refractivity contribution in [1.82, 2.24) is 10.6 Å². The molecule has 0 unspecified atom stereocenters. The number of esters is 1. The van der Waals surface area contributed by atoms with Crippen LogP contribution in [0.4, 0.5) is 13.6 Å². The minimum Gasteiger partial charge on any atom is -0.452 e. The molecule has 0 bridgehead atoms. The van der Waals surface area contributed by atoms with E-state index < -0.39 is 31.1 Å². The zero-order valence-corrected chi connectivity index (χ0v) is 14.9. The molecule has 7 nitrogen and oxygen atoms in total. The van der Waals surface area contributed by atoms with E-state index in [1.807, 2.05) is 6.92 Å². The average molecular weight is 384 g/mol. The fraction of sp³-hybridized carbons (Fsp3) is 0.500. The molecule has 1 aliphatic carbocycles. The standard InChI is InChI=1S/C18H22F2N2O5/c1-11-4-2-3-5-14(11)21-18(25)22-15(23)10-26-16(24)12-6-8-13(9-7-12)27-17(19)20/h6-9,11,14,17H,2-5,10H2,1H3,(H2,21,22,23,25)/t11-,14-/m1/s1. The Hall–Kier alpha value is -2.71. The molecule has 2 N–H and O–H groups in total. The van der Waals surface area contributed by atoms with Gasteiger partial charge in [0.1, 0.15) is 5.75 Å². The van der Waals surface area contributed by atoms with Gasteiger partial charge in [0, 0.05) is 6.04 Å². The van der Waals surface area contributed by atoms with Crippen molar-refractivity contribution in [3.05, 3.63) is 29.8 Å². The third kappa shape index (κ3) is 6.84. The first kappa shape index (κ1) is 20.6. The Labute approximate surface area is 155 Å². The number of urea groups is 1. The van der Waals surface area contributed by atoms with E-state index in [2.05, 4.69) is 15.4 Å². The maximum absolute atomic E-state index is 12.1. The van der Waals surface area contributed by atoms with E-state index in [4.69, 9.17) is 4.74 Å². The molecular weight excluding hydrogens is 362 g/mol. The van der Waals surface area contributed by atoms with Crippen molar-refractivity contribution < 1.29 is 32.6 Å². The van der Waals surface area contributed by atoms with E-state index in [1.165, 1.54) is 24.3 Å². The van der Waals surface area contributed by atoms with Crippen molar-refractivity contribution in [1.29, 1.82) is 0 Å². The number of halogens is 2. The third-order valence-electron chi connectivity index (χ3n) is 4.33. The Bertz CT molecular complexity index is 666. The molecule has 0 aromatic heterocycles. The van der Waals surface area contributed by atoms with Crippen LogP contribution in [0.25, 0.3) is 0 Å². The molecule has 1 aromatic rings. The van der Waals surface area contributed by atoms with Gasteiger partial charge in [-0.3, -0.25) is 10.1 Å². The summed E-state index contributed by atoms with van der Waals surface area (Å²) in [5.74, 6) is -1.35. The Morgan fingerprint density at radius 1 is 1.15 bits per heavy atom. The molecule has 0 spiro atoms. The molecule has 27 heavy (non-hydrogen) atoms. The lowest BCUT2D eigenvalue weighted by molar-refractivity contribution is -0.123. The summed E-state index contributed by atoms with van der Waals surface area (Å²) < 4.78 is 33.1. The zero-order chi connectivity index (χ0) is 19.8. The third-order valence-corrected chi connectivity index (χ3v) is 4.33. The van der Waals surface area contributed by atoms with Crippen LogP contribution in [-0.2, 0) is 9.53 Å². The van der Waals surface area contributed by atoms with Crippen LogP contribution in [0.1, 0.15) is 43.0 Å². The van der Waals surface area contributed by atoms with Crippen LogP contribution in [0, 0.1) is 5.92 Å². The molecule has 2 atom stereocenters. The molecule has 1 saturated carbocycles. The fourth-order valence-electron chi connectivity index (χ4n) is 2.88. The molecule has 1 aromatic carbocycles. The van der Waals surface area contributed by atoms with Crippen LogP contribution in [-0.4, -0.2) is 37.2 Å². The fourth-order valence-corrected chi connectivity index (χ4v) is 2.88. The lowest BCUT2D eigenvalue weighted by Crippen LogP contribution is -2.48. The van der Waals surface area contributed by atoms with Gasteiger partial charge in [-0.1, -0.05) is 19.8 Å². The van der Waals surface area contributed by atoms with Gasteiger partial charge >= 0.3 is 18.6 Å². The van der Waals surface area contributed by atoms with Crippen molar-refractivity contribution in [2.75, 3.05) is 6.61 Å². The predicted molar refractivity (Wildman–Crippen MR) is 91.5 cm³/mol. The number of carbonyl (C=O) groups excluding carboxylic acids is 3. The smallest absolute Gasteiger partial charge is 0.387 e. The van der Waals surface area contributed by atoms with Gasteiger partial charge in [-0.25, -0.2) is 9.59 Å². The molecule has 2 rings (SSSR count). The molecule has 1 fully saturated rings. The van der Waals surface area contributed by atoms with Crippen LogP contribution < -0.4 is 15.4 Å². The van der Waals surface area contributed by atoms with Gasteiger partial charge in [0.15, 0.2) is 6.61 Å². The van der Waals surface area contributed by atoms with Gasteiger partial charge in [-0.05, 0) is 43.0 Å². The molecule has 148 valence electrons. The highest BCUT2D eigenvalue weighted by Crippen LogP contribution is 2.23. The number of nitrogens with one attached hydrogen (secondary N) is 2. The minimum atomic E-state index is -2.96. The molecule has 0 heterocycles. The van der Waals surface area contributed by atoms with Gasteiger partial charge in [-0.15, -0.1) is 0 Å². The molecular formula is C18H22F2N2O5. The predicted octanol–water partition coefficient (Wildman–Crippen LogP) is 2.85. The normalized spacial score (nSPS) is 19.3. The topological polar surface area (TPSA) is 93.7 Å². The summed E-state index contributed by atoms with van der Waals surface area (Å²) in [6.07, 6.45) is 4.05. The van der Waals surface area contributed by atoms with Crippen molar-refractivity contribution >= 4 is 17.9 Å². The number of hydrogen-bond donors (Lipinski definition) is 2. The molecule has 3 amide bonds. The van der Waals surface area contributed by atoms with Crippen LogP contribution in [0.15, 0.2) is 24.3 Å². The highest BCUT2D eigenvalue weighted by Gasteiger charge is 2.23. The van der Waals surface area contributed by atoms with Gasteiger partial charge in [0.05, 0.1) is 5.56 Å². The van der Waals surface area contributed by atoms with Crippen molar-refractivity contribution in [3.63, 3.8) is 0 Å². The monoisotopic (exact) mass is 384 g/mol. The number of carbonyl (C=O) groups is 3. The zero-order valence-electron chi connectivity index (χ0n) is 14.9. The Morgan fingerprint density at radius 2 is 1.81 bits per heavy atom. The number of alkyl halides is 2. The first-order chi connectivity index (χ1) is 12.8. The second kappa shape index (κ2) is 9.84. The molecule has 0 radical (unpaired) electrons.